The molecule has 3 nitrogen and oxygen atoms in total. The van der Waals surface area contributed by atoms with Crippen LogP contribution in [0.3, 0.4) is 0 Å². The van der Waals surface area contributed by atoms with E-state index in [4.69, 9.17) is 12.3 Å². The van der Waals surface area contributed by atoms with Gasteiger partial charge in [0.2, 0.25) is 0 Å². The molecule has 3 heteroatoms. The quantitative estimate of drug-likeness (QED) is 0.840. The number of nitrogens with zero attached hydrogens (tertiary/aromatic N) is 1. The number of nitrogens with one attached hydrogen (secondary N) is 1. The molecular weight excluding hydrogens is 270 g/mol. The molecule has 2 aromatic carbocycles. The van der Waals surface area contributed by atoms with Gasteiger partial charge in [0.05, 0.1) is 6.57 Å². The Labute approximate surface area is 132 Å². The summed E-state index contributed by atoms with van der Waals surface area (Å²) in [5, 5.41) is 3.56. The van der Waals surface area contributed by atoms with Crippen LogP contribution in [0.25, 0.3) is 16.0 Å². The lowest BCUT2D eigenvalue weighted by atomic mass is 10.0. The zero-order valence-corrected chi connectivity index (χ0v) is 12.6. The molecule has 2 aromatic rings. The summed E-state index contributed by atoms with van der Waals surface area (Å²) in [6.07, 6.45) is 3.53. The summed E-state index contributed by atoms with van der Waals surface area (Å²) in [5.41, 5.74) is 10.1. The molecule has 1 aliphatic carbocycles. The van der Waals surface area contributed by atoms with Crippen molar-refractivity contribution in [3.8, 4) is 11.1 Å². The highest BCUT2D eigenvalue weighted by Crippen LogP contribution is 2.30. The minimum atomic E-state index is 0.296. The first-order valence-corrected chi connectivity index (χ1v) is 7.82. The van der Waals surface area contributed by atoms with E-state index in [1.165, 1.54) is 18.4 Å². The van der Waals surface area contributed by atoms with Gasteiger partial charge in [-0.05, 0) is 29.5 Å². The monoisotopic (exact) mass is 291 g/mol. The molecule has 112 valence electrons. The van der Waals surface area contributed by atoms with Crippen LogP contribution in [0.2, 0.25) is 0 Å². The number of para-hydroxylation sites is 1. The molecule has 3 rings (SSSR count). The summed E-state index contributed by atoms with van der Waals surface area (Å²) in [7, 11) is 0. The summed E-state index contributed by atoms with van der Waals surface area (Å²) in [6, 6.07) is 16.9. The first kappa shape index (κ1) is 14.8. The highest BCUT2D eigenvalue weighted by molar-refractivity contribution is 5.78. The van der Waals surface area contributed by atoms with Gasteiger partial charge in [-0.3, -0.25) is 0 Å². The van der Waals surface area contributed by atoms with Gasteiger partial charge >= 0.3 is 0 Å². The lowest BCUT2D eigenvalue weighted by Crippen LogP contribution is -2.40. The van der Waals surface area contributed by atoms with Crippen molar-refractivity contribution in [3.05, 3.63) is 65.5 Å². The second-order valence-electron chi connectivity index (χ2n) is 5.91. The fraction of sp³-hybridized carbons (Fsp3) is 0.316. The summed E-state index contributed by atoms with van der Waals surface area (Å²) in [5.74, 6) is 0. The standard InChI is InChI=1S/C19H21N3/c1-21-18-7-3-2-5-16(18)15-11-9-14(10-12-15)13-22-19-8-4-6-17(19)20/h2-3,5,7,9-12,17,19,22H,4,6,8,13,20H2. The van der Waals surface area contributed by atoms with Gasteiger partial charge in [-0.25, -0.2) is 4.85 Å². The molecule has 3 N–H and O–H groups in total. The first-order valence-electron chi connectivity index (χ1n) is 7.82. The molecule has 1 fully saturated rings. The number of hydrogen-bond donors (Lipinski definition) is 2. The summed E-state index contributed by atoms with van der Waals surface area (Å²) < 4.78 is 0. The summed E-state index contributed by atoms with van der Waals surface area (Å²) in [4.78, 5) is 3.59. The molecule has 1 aliphatic rings. The van der Waals surface area contributed by atoms with E-state index in [9.17, 15) is 0 Å². The van der Waals surface area contributed by atoms with E-state index < -0.39 is 0 Å². The Bertz CT molecular complexity index is 670. The third-order valence-electron chi connectivity index (χ3n) is 4.43. The fourth-order valence-electron chi connectivity index (χ4n) is 3.11. The Hall–Kier alpha value is -2.15. The highest BCUT2D eigenvalue weighted by atomic mass is 15.0. The van der Waals surface area contributed by atoms with Gasteiger partial charge in [-0.1, -0.05) is 55.0 Å². The van der Waals surface area contributed by atoms with Gasteiger partial charge in [-0.2, -0.15) is 0 Å². The predicted octanol–water partition coefficient (Wildman–Crippen LogP) is 3.87. The molecule has 2 atom stereocenters. The number of nitrogens with two attached hydrogens (primary N) is 1. The van der Waals surface area contributed by atoms with Crippen molar-refractivity contribution in [1.82, 2.24) is 5.32 Å². The Balaban J connectivity index is 1.69. The van der Waals surface area contributed by atoms with Crippen molar-refractivity contribution in [2.75, 3.05) is 0 Å². The van der Waals surface area contributed by atoms with Gasteiger partial charge in [0.25, 0.3) is 0 Å². The molecule has 0 aliphatic heterocycles. The van der Waals surface area contributed by atoms with Crippen LogP contribution in [0.5, 0.6) is 0 Å². The summed E-state index contributed by atoms with van der Waals surface area (Å²) >= 11 is 0. The maximum absolute atomic E-state index is 7.26. The van der Waals surface area contributed by atoms with Crippen molar-refractivity contribution in [2.24, 2.45) is 5.73 Å². The predicted molar refractivity (Wildman–Crippen MR) is 90.6 cm³/mol. The molecule has 0 heterocycles. The molecule has 0 spiro atoms. The average Bonchev–Trinajstić information content (AvgIpc) is 2.98. The lowest BCUT2D eigenvalue weighted by molar-refractivity contribution is 0.475. The Morgan fingerprint density at radius 2 is 1.86 bits per heavy atom. The molecule has 0 aromatic heterocycles. The zero-order chi connectivity index (χ0) is 15.4. The first-order chi connectivity index (χ1) is 10.8. The Morgan fingerprint density at radius 1 is 1.09 bits per heavy atom. The normalized spacial score (nSPS) is 20.7. The van der Waals surface area contributed by atoms with Crippen LogP contribution >= 0.6 is 0 Å². The van der Waals surface area contributed by atoms with Gasteiger partial charge in [0.15, 0.2) is 5.69 Å². The van der Waals surface area contributed by atoms with Crippen molar-refractivity contribution in [3.63, 3.8) is 0 Å². The van der Waals surface area contributed by atoms with E-state index in [-0.39, 0.29) is 0 Å². The molecule has 0 amide bonds. The molecule has 0 bridgehead atoms. The largest absolute Gasteiger partial charge is 0.326 e. The molecule has 22 heavy (non-hydrogen) atoms. The third kappa shape index (κ3) is 3.19. The minimum Gasteiger partial charge on any atom is -0.326 e. The van der Waals surface area contributed by atoms with Crippen molar-refractivity contribution in [2.45, 2.75) is 37.9 Å². The topological polar surface area (TPSA) is 42.4 Å². The average molecular weight is 291 g/mol. The van der Waals surface area contributed by atoms with Crippen molar-refractivity contribution < 1.29 is 0 Å². The maximum atomic E-state index is 7.26. The van der Waals surface area contributed by atoms with Crippen molar-refractivity contribution >= 4 is 5.69 Å². The highest BCUT2D eigenvalue weighted by Gasteiger charge is 2.22. The zero-order valence-electron chi connectivity index (χ0n) is 12.6. The smallest absolute Gasteiger partial charge is 0.194 e. The summed E-state index contributed by atoms with van der Waals surface area (Å²) in [6.45, 7) is 8.11. The Kier molecular flexibility index (Phi) is 4.53. The maximum Gasteiger partial charge on any atom is 0.194 e. The van der Waals surface area contributed by atoms with Crippen LogP contribution in [-0.2, 0) is 6.54 Å². The van der Waals surface area contributed by atoms with Crippen LogP contribution < -0.4 is 11.1 Å². The second kappa shape index (κ2) is 6.74. The van der Waals surface area contributed by atoms with Gasteiger partial charge in [-0.15, -0.1) is 0 Å². The van der Waals surface area contributed by atoms with Gasteiger partial charge in [0, 0.05) is 18.6 Å². The van der Waals surface area contributed by atoms with E-state index in [0.717, 1.165) is 24.1 Å². The van der Waals surface area contributed by atoms with Crippen LogP contribution in [0.4, 0.5) is 5.69 Å². The van der Waals surface area contributed by atoms with Crippen molar-refractivity contribution in [1.29, 1.82) is 0 Å². The van der Waals surface area contributed by atoms with E-state index in [0.29, 0.717) is 17.8 Å². The Morgan fingerprint density at radius 3 is 2.55 bits per heavy atom. The number of benzene rings is 2. The molecular formula is C19H21N3. The van der Waals surface area contributed by atoms with E-state index in [1.807, 2.05) is 24.3 Å². The third-order valence-corrected chi connectivity index (χ3v) is 4.43. The molecule has 1 saturated carbocycles. The van der Waals surface area contributed by atoms with E-state index in [2.05, 4.69) is 34.4 Å². The second-order valence-corrected chi connectivity index (χ2v) is 5.91. The molecule has 2 unspecified atom stereocenters. The van der Waals surface area contributed by atoms with Gasteiger partial charge in [0.1, 0.15) is 0 Å². The van der Waals surface area contributed by atoms with Crippen LogP contribution in [-0.4, -0.2) is 12.1 Å². The molecule has 0 radical (unpaired) electrons. The van der Waals surface area contributed by atoms with E-state index in [1.54, 1.807) is 0 Å². The van der Waals surface area contributed by atoms with Crippen LogP contribution in [0.15, 0.2) is 48.5 Å². The fourth-order valence-corrected chi connectivity index (χ4v) is 3.11. The SMILES string of the molecule is [C-]#[N+]c1ccccc1-c1ccc(CNC2CCCC2N)cc1. The number of hydrogen-bond acceptors (Lipinski definition) is 2. The van der Waals surface area contributed by atoms with Gasteiger partial charge < -0.3 is 11.1 Å². The minimum absolute atomic E-state index is 0.296. The van der Waals surface area contributed by atoms with E-state index >= 15 is 0 Å². The lowest BCUT2D eigenvalue weighted by Gasteiger charge is -2.17. The van der Waals surface area contributed by atoms with Crippen LogP contribution in [0, 0.1) is 6.57 Å². The molecule has 0 saturated heterocycles. The van der Waals surface area contributed by atoms with Crippen LogP contribution in [0.1, 0.15) is 24.8 Å². The number of rotatable bonds is 4.